The van der Waals surface area contributed by atoms with Crippen molar-refractivity contribution in [3.05, 3.63) is 63.0 Å². The molecule has 1 aromatic heterocycles. The number of amides is 1. The summed E-state index contributed by atoms with van der Waals surface area (Å²) < 4.78 is 4.97. The number of hydrogen-bond donors (Lipinski definition) is 2. The summed E-state index contributed by atoms with van der Waals surface area (Å²) in [6, 6.07) is 7.05. The van der Waals surface area contributed by atoms with Crippen LogP contribution in [0.2, 0.25) is 0 Å². The minimum Gasteiger partial charge on any atom is -0.360 e. The number of nitro benzene ring substituents is 1. The lowest BCUT2D eigenvalue weighted by Crippen LogP contribution is -2.46. The molecular formula is C17H17N5O4S. The number of nitrogens with zero attached hydrogens (tertiary/aromatic N) is 3. The quantitative estimate of drug-likeness (QED) is 0.468. The van der Waals surface area contributed by atoms with Gasteiger partial charge in [0.2, 0.25) is 0 Å². The van der Waals surface area contributed by atoms with Crippen LogP contribution >= 0.6 is 12.2 Å². The molecule has 1 aromatic carbocycles. The second kappa shape index (κ2) is 7.16. The van der Waals surface area contributed by atoms with E-state index in [1.807, 2.05) is 0 Å². The molecule has 27 heavy (non-hydrogen) atoms. The summed E-state index contributed by atoms with van der Waals surface area (Å²) in [7, 11) is 1.75. The standard InChI is InChI=1S/C17H17N5O4S/c1-9-8-13(20-26-9)18-16(23)14-10(2)21(3)17(27)19-15(14)11-4-6-12(7-5-11)22(24)25/h4-8,15H,1-3H3,(H,19,27)(H,18,20,23)/t15-/m1/s1. The minimum absolute atomic E-state index is 0.0287. The Hall–Kier alpha value is -3.27. The lowest BCUT2D eigenvalue weighted by Gasteiger charge is -2.35. The Labute approximate surface area is 160 Å². The highest BCUT2D eigenvalue weighted by Crippen LogP contribution is 2.31. The summed E-state index contributed by atoms with van der Waals surface area (Å²) in [6.07, 6.45) is 0. The Bertz CT molecular complexity index is 950. The van der Waals surface area contributed by atoms with Crippen LogP contribution in [-0.2, 0) is 4.79 Å². The third-order valence-corrected chi connectivity index (χ3v) is 4.70. The van der Waals surface area contributed by atoms with Gasteiger partial charge in [0.25, 0.3) is 11.6 Å². The number of aromatic nitrogens is 1. The molecule has 0 spiro atoms. The lowest BCUT2D eigenvalue weighted by molar-refractivity contribution is -0.384. The highest BCUT2D eigenvalue weighted by molar-refractivity contribution is 7.80. The van der Waals surface area contributed by atoms with Crippen molar-refractivity contribution in [2.24, 2.45) is 0 Å². The van der Waals surface area contributed by atoms with Crippen molar-refractivity contribution in [2.75, 3.05) is 12.4 Å². The van der Waals surface area contributed by atoms with Gasteiger partial charge in [-0.1, -0.05) is 5.16 Å². The summed E-state index contributed by atoms with van der Waals surface area (Å²) in [5.74, 6) is 0.505. The number of non-ortho nitro benzene ring substituents is 1. The van der Waals surface area contributed by atoms with Gasteiger partial charge in [0.15, 0.2) is 10.9 Å². The van der Waals surface area contributed by atoms with Crippen LogP contribution in [0.25, 0.3) is 0 Å². The first-order chi connectivity index (χ1) is 12.8. The van der Waals surface area contributed by atoms with Crippen LogP contribution in [0, 0.1) is 17.0 Å². The molecule has 0 aliphatic carbocycles. The number of nitro groups is 1. The molecule has 0 radical (unpaired) electrons. The first-order valence-electron chi connectivity index (χ1n) is 8.02. The smallest absolute Gasteiger partial charge is 0.269 e. The average molecular weight is 387 g/mol. The Balaban J connectivity index is 1.98. The van der Waals surface area contributed by atoms with Crippen LogP contribution in [-0.4, -0.2) is 33.0 Å². The number of hydrogen-bond acceptors (Lipinski definition) is 6. The van der Waals surface area contributed by atoms with Gasteiger partial charge in [0.05, 0.1) is 16.5 Å². The highest BCUT2D eigenvalue weighted by atomic mass is 32.1. The van der Waals surface area contributed by atoms with E-state index < -0.39 is 11.0 Å². The molecule has 0 fully saturated rings. The van der Waals surface area contributed by atoms with Crippen molar-refractivity contribution in [1.82, 2.24) is 15.4 Å². The van der Waals surface area contributed by atoms with Crippen molar-refractivity contribution in [3.63, 3.8) is 0 Å². The number of carbonyl (C=O) groups excluding carboxylic acids is 1. The Kier molecular flexibility index (Phi) is 4.91. The monoisotopic (exact) mass is 387 g/mol. The summed E-state index contributed by atoms with van der Waals surface area (Å²) >= 11 is 5.34. The zero-order valence-corrected chi connectivity index (χ0v) is 15.7. The van der Waals surface area contributed by atoms with Crippen LogP contribution in [0.3, 0.4) is 0 Å². The predicted molar refractivity (Wildman–Crippen MR) is 102 cm³/mol. The SMILES string of the molecule is CC1=C(C(=O)Nc2cc(C)on2)[C@@H](c2ccc([N+](=O)[O-])cc2)NC(=S)N1C. The van der Waals surface area contributed by atoms with Gasteiger partial charge in [0.1, 0.15) is 5.76 Å². The summed E-state index contributed by atoms with van der Waals surface area (Å²) in [5, 5.41) is 20.9. The van der Waals surface area contributed by atoms with Crippen molar-refractivity contribution in [3.8, 4) is 0 Å². The first-order valence-corrected chi connectivity index (χ1v) is 8.42. The normalized spacial score (nSPS) is 16.9. The fourth-order valence-corrected chi connectivity index (χ4v) is 3.03. The van der Waals surface area contributed by atoms with Crippen molar-refractivity contribution >= 4 is 34.7 Å². The molecule has 1 aliphatic heterocycles. The molecule has 0 bridgehead atoms. The molecule has 0 unspecified atom stereocenters. The van der Waals surface area contributed by atoms with Gasteiger partial charge in [0, 0.05) is 30.9 Å². The van der Waals surface area contributed by atoms with Gasteiger partial charge in [-0.15, -0.1) is 0 Å². The van der Waals surface area contributed by atoms with E-state index >= 15 is 0 Å². The molecule has 1 aliphatic rings. The number of anilines is 1. The maximum absolute atomic E-state index is 12.9. The van der Waals surface area contributed by atoms with E-state index in [9.17, 15) is 14.9 Å². The molecule has 140 valence electrons. The molecular weight excluding hydrogens is 370 g/mol. The number of aryl methyl sites for hydroxylation is 1. The third-order valence-electron chi connectivity index (χ3n) is 4.31. The van der Waals surface area contributed by atoms with Crippen LogP contribution < -0.4 is 10.6 Å². The molecule has 10 heteroatoms. The van der Waals surface area contributed by atoms with Gasteiger partial charge < -0.3 is 20.1 Å². The molecule has 1 amide bonds. The van der Waals surface area contributed by atoms with Crippen molar-refractivity contribution in [1.29, 1.82) is 0 Å². The van der Waals surface area contributed by atoms with Crippen LogP contribution in [0.1, 0.15) is 24.3 Å². The van der Waals surface area contributed by atoms with E-state index in [0.717, 1.165) is 0 Å². The Morgan fingerprint density at radius 1 is 1.37 bits per heavy atom. The summed E-state index contributed by atoms with van der Waals surface area (Å²) in [5.41, 5.74) is 1.75. The van der Waals surface area contributed by atoms with Gasteiger partial charge in [-0.3, -0.25) is 14.9 Å². The Morgan fingerprint density at radius 2 is 2.04 bits per heavy atom. The van der Waals surface area contributed by atoms with E-state index in [0.29, 0.717) is 33.5 Å². The molecule has 3 rings (SSSR count). The molecule has 0 saturated heterocycles. The molecule has 2 heterocycles. The van der Waals surface area contributed by atoms with E-state index in [1.54, 1.807) is 44.0 Å². The fraction of sp³-hybridized carbons (Fsp3) is 0.235. The van der Waals surface area contributed by atoms with E-state index in [1.165, 1.54) is 12.1 Å². The first kappa shape index (κ1) is 18.5. The fourth-order valence-electron chi connectivity index (χ4n) is 2.78. The number of nitrogens with one attached hydrogen (secondary N) is 2. The number of carbonyl (C=O) groups is 1. The maximum atomic E-state index is 12.9. The van der Waals surface area contributed by atoms with Crippen LogP contribution in [0.15, 0.2) is 46.1 Å². The van der Waals surface area contributed by atoms with Crippen molar-refractivity contribution in [2.45, 2.75) is 19.9 Å². The van der Waals surface area contributed by atoms with Crippen molar-refractivity contribution < 1.29 is 14.2 Å². The molecule has 0 saturated carbocycles. The van der Waals surface area contributed by atoms with Gasteiger partial charge in [-0.2, -0.15) is 0 Å². The maximum Gasteiger partial charge on any atom is 0.269 e. The molecule has 9 nitrogen and oxygen atoms in total. The zero-order valence-electron chi connectivity index (χ0n) is 14.8. The second-order valence-corrected chi connectivity index (χ2v) is 6.45. The van der Waals surface area contributed by atoms with Gasteiger partial charge in [-0.05, 0) is 43.8 Å². The van der Waals surface area contributed by atoms with E-state index in [4.69, 9.17) is 16.7 Å². The summed E-state index contributed by atoms with van der Waals surface area (Å²) in [4.78, 5) is 25.0. The molecule has 1 atom stereocenters. The minimum atomic E-state index is -0.553. The topological polar surface area (TPSA) is 114 Å². The number of allylic oxidation sites excluding steroid dienone is 1. The van der Waals surface area contributed by atoms with Crippen LogP contribution in [0.5, 0.6) is 0 Å². The number of benzene rings is 1. The van der Waals surface area contributed by atoms with Gasteiger partial charge >= 0.3 is 0 Å². The molecule has 2 N–H and O–H groups in total. The largest absolute Gasteiger partial charge is 0.360 e. The lowest BCUT2D eigenvalue weighted by atomic mass is 9.94. The predicted octanol–water partition coefficient (Wildman–Crippen LogP) is 2.66. The van der Waals surface area contributed by atoms with E-state index in [2.05, 4.69) is 15.8 Å². The number of rotatable bonds is 4. The second-order valence-electron chi connectivity index (χ2n) is 6.07. The van der Waals surface area contributed by atoms with Crippen LogP contribution in [0.4, 0.5) is 11.5 Å². The Morgan fingerprint density at radius 3 is 2.59 bits per heavy atom. The zero-order chi connectivity index (χ0) is 19.7. The average Bonchev–Trinajstić information content (AvgIpc) is 3.04. The third kappa shape index (κ3) is 3.65. The molecule has 2 aromatic rings. The van der Waals surface area contributed by atoms with E-state index in [-0.39, 0.29) is 11.6 Å². The van der Waals surface area contributed by atoms with Gasteiger partial charge in [-0.25, -0.2) is 0 Å². The number of thiocarbonyl (C=S) groups is 1. The summed E-state index contributed by atoms with van der Waals surface area (Å²) in [6.45, 7) is 3.51. The highest BCUT2D eigenvalue weighted by Gasteiger charge is 2.33.